The Morgan fingerprint density at radius 2 is 1.41 bits per heavy atom. The summed E-state index contributed by atoms with van der Waals surface area (Å²) in [5, 5.41) is 22.8. The normalized spacial score (nSPS) is 12.1. The van der Waals surface area contributed by atoms with Crippen LogP contribution in [0.1, 0.15) is 6.92 Å². The van der Waals surface area contributed by atoms with Crippen LogP contribution in [0.15, 0.2) is 79.0 Å². The van der Waals surface area contributed by atoms with E-state index >= 15 is 0 Å². The first-order chi connectivity index (χ1) is 13.2. The van der Waals surface area contributed by atoms with Crippen LogP contribution >= 0.6 is 0 Å². The van der Waals surface area contributed by atoms with Gasteiger partial charge in [0.2, 0.25) is 0 Å². The van der Waals surface area contributed by atoms with Crippen LogP contribution in [0.4, 0.5) is 0 Å². The van der Waals surface area contributed by atoms with E-state index in [1.807, 2.05) is 72.9 Å². The van der Waals surface area contributed by atoms with Gasteiger partial charge in [0.05, 0.1) is 29.7 Å². The van der Waals surface area contributed by atoms with E-state index in [2.05, 4.69) is 21.4 Å². The zero-order valence-corrected chi connectivity index (χ0v) is 15.0. The summed E-state index contributed by atoms with van der Waals surface area (Å²) in [6.45, 7) is 2.23. The van der Waals surface area contributed by atoms with Crippen LogP contribution in [-0.2, 0) is 6.54 Å². The Morgan fingerprint density at radius 3 is 2.07 bits per heavy atom. The second-order valence-corrected chi connectivity index (χ2v) is 6.52. The molecule has 0 saturated carbocycles. The summed E-state index contributed by atoms with van der Waals surface area (Å²) in [5.74, 6) is 0. The first kappa shape index (κ1) is 17.1. The first-order valence-electron chi connectivity index (χ1n) is 8.90. The summed E-state index contributed by atoms with van der Waals surface area (Å²) < 4.78 is 1.75. The standard InChI is InChI=1S/C22H20N4O/c1-16(27)15-26-13-12-22(25-26)19-9-5-8-18(14-19)21-11-10-20(23-24-21)17-6-3-2-4-7-17/h2-14,16,27H,15H2,1H3. The molecule has 4 rings (SSSR count). The minimum atomic E-state index is -0.428. The van der Waals surface area contributed by atoms with Crippen LogP contribution in [0.25, 0.3) is 33.8 Å². The minimum absolute atomic E-state index is 0.428. The fourth-order valence-corrected chi connectivity index (χ4v) is 2.97. The van der Waals surface area contributed by atoms with Gasteiger partial charge in [0.25, 0.3) is 0 Å². The molecule has 134 valence electrons. The van der Waals surface area contributed by atoms with Crippen LogP contribution in [0.2, 0.25) is 0 Å². The van der Waals surface area contributed by atoms with E-state index in [1.165, 1.54) is 0 Å². The van der Waals surface area contributed by atoms with Gasteiger partial charge >= 0.3 is 0 Å². The van der Waals surface area contributed by atoms with Crippen molar-refractivity contribution in [1.82, 2.24) is 20.0 Å². The lowest BCUT2D eigenvalue weighted by Gasteiger charge is -2.05. The van der Waals surface area contributed by atoms with Gasteiger partial charge in [0, 0.05) is 22.9 Å². The SMILES string of the molecule is CC(O)Cn1ccc(-c2cccc(-c3ccc(-c4ccccc4)nn3)c2)n1. The molecule has 2 aromatic heterocycles. The second kappa shape index (κ2) is 7.51. The van der Waals surface area contributed by atoms with Crippen molar-refractivity contribution in [3.8, 4) is 33.8 Å². The van der Waals surface area contributed by atoms with E-state index in [9.17, 15) is 5.11 Å². The molecule has 0 bridgehead atoms. The van der Waals surface area contributed by atoms with Gasteiger partial charge in [-0.15, -0.1) is 10.2 Å². The molecule has 2 aromatic carbocycles. The Labute approximate surface area is 158 Å². The lowest BCUT2D eigenvalue weighted by Crippen LogP contribution is -2.11. The van der Waals surface area contributed by atoms with Gasteiger partial charge in [0.15, 0.2) is 0 Å². The van der Waals surface area contributed by atoms with Gasteiger partial charge in [-0.25, -0.2) is 0 Å². The molecule has 1 atom stereocenters. The molecule has 27 heavy (non-hydrogen) atoms. The molecule has 2 heterocycles. The average Bonchev–Trinajstić information content (AvgIpc) is 3.17. The van der Waals surface area contributed by atoms with Crippen LogP contribution in [0, 0.1) is 0 Å². The van der Waals surface area contributed by atoms with Gasteiger partial charge in [-0.3, -0.25) is 4.68 Å². The molecule has 0 radical (unpaired) electrons. The maximum atomic E-state index is 9.51. The van der Waals surface area contributed by atoms with Gasteiger partial charge in [0.1, 0.15) is 0 Å². The van der Waals surface area contributed by atoms with E-state index in [1.54, 1.807) is 11.6 Å². The van der Waals surface area contributed by atoms with E-state index in [0.717, 1.165) is 33.8 Å². The number of benzene rings is 2. The number of hydrogen-bond donors (Lipinski definition) is 1. The van der Waals surface area contributed by atoms with Crippen molar-refractivity contribution in [3.63, 3.8) is 0 Å². The third kappa shape index (κ3) is 3.93. The average molecular weight is 356 g/mol. The van der Waals surface area contributed by atoms with Crippen molar-refractivity contribution < 1.29 is 5.11 Å². The predicted octanol–water partition coefficient (Wildman–Crippen LogP) is 4.05. The van der Waals surface area contributed by atoms with Crippen molar-refractivity contribution >= 4 is 0 Å². The second-order valence-electron chi connectivity index (χ2n) is 6.52. The summed E-state index contributed by atoms with van der Waals surface area (Å²) in [7, 11) is 0. The molecular weight excluding hydrogens is 336 g/mol. The molecule has 1 unspecified atom stereocenters. The van der Waals surface area contributed by atoms with Crippen LogP contribution in [-0.4, -0.2) is 31.2 Å². The molecule has 0 amide bonds. The maximum Gasteiger partial charge on any atom is 0.0930 e. The fraction of sp³-hybridized carbons (Fsp3) is 0.136. The molecule has 4 aromatic rings. The molecule has 0 aliphatic carbocycles. The van der Waals surface area contributed by atoms with E-state index in [0.29, 0.717) is 6.54 Å². The molecular formula is C22H20N4O. The van der Waals surface area contributed by atoms with Gasteiger partial charge < -0.3 is 5.11 Å². The third-order valence-corrected chi connectivity index (χ3v) is 4.28. The van der Waals surface area contributed by atoms with Gasteiger partial charge in [-0.1, -0.05) is 48.5 Å². The molecule has 5 heteroatoms. The van der Waals surface area contributed by atoms with Crippen molar-refractivity contribution in [2.45, 2.75) is 19.6 Å². The Kier molecular flexibility index (Phi) is 4.77. The van der Waals surface area contributed by atoms with Crippen LogP contribution in [0.5, 0.6) is 0 Å². The van der Waals surface area contributed by atoms with Crippen LogP contribution < -0.4 is 0 Å². The summed E-state index contributed by atoms with van der Waals surface area (Å²) >= 11 is 0. The Hall–Kier alpha value is -3.31. The zero-order chi connectivity index (χ0) is 18.6. The van der Waals surface area contributed by atoms with Crippen LogP contribution in [0.3, 0.4) is 0 Å². The highest BCUT2D eigenvalue weighted by atomic mass is 16.3. The fourth-order valence-electron chi connectivity index (χ4n) is 2.97. The number of aliphatic hydroxyl groups excluding tert-OH is 1. The Bertz CT molecular complexity index is 1020. The summed E-state index contributed by atoms with van der Waals surface area (Å²) in [6, 6.07) is 24.0. The van der Waals surface area contributed by atoms with Gasteiger partial charge in [-0.2, -0.15) is 5.10 Å². The van der Waals surface area contributed by atoms with E-state index < -0.39 is 6.10 Å². The van der Waals surface area contributed by atoms with Crippen molar-refractivity contribution in [3.05, 3.63) is 79.0 Å². The quantitative estimate of drug-likeness (QED) is 0.586. The largest absolute Gasteiger partial charge is 0.391 e. The summed E-state index contributed by atoms with van der Waals surface area (Å²) in [6.07, 6.45) is 1.45. The summed E-state index contributed by atoms with van der Waals surface area (Å²) in [5.41, 5.74) is 5.59. The Morgan fingerprint density at radius 1 is 0.778 bits per heavy atom. The molecule has 0 spiro atoms. The predicted molar refractivity (Wildman–Crippen MR) is 106 cm³/mol. The summed E-state index contributed by atoms with van der Waals surface area (Å²) in [4.78, 5) is 0. The maximum absolute atomic E-state index is 9.51. The topological polar surface area (TPSA) is 63.8 Å². The molecule has 0 aliphatic heterocycles. The van der Waals surface area contributed by atoms with E-state index in [-0.39, 0.29) is 0 Å². The molecule has 0 aliphatic rings. The zero-order valence-electron chi connectivity index (χ0n) is 15.0. The number of rotatable bonds is 5. The first-order valence-corrected chi connectivity index (χ1v) is 8.90. The minimum Gasteiger partial charge on any atom is -0.391 e. The van der Waals surface area contributed by atoms with E-state index in [4.69, 9.17) is 0 Å². The third-order valence-electron chi connectivity index (χ3n) is 4.28. The van der Waals surface area contributed by atoms with Crippen molar-refractivity contribution in [1.29, 1.82) is 0 Å². The monoisotopic (exact) mass is 356 g/mol. The molecule has 1 N–H and O–H groups in total. The number of nitrogens with zero attached hydrogens (tertiary/aromatic N) is 4. The molecule has 5 nitrogen and oxygen atoms in total. The number of hydrogen-bond acceptors (Lipinski definition) is 4. The highest BCUT2D eigenvalue weighted by Gasteiger charge is 2.08. The number of aliphatic hydroxyl groups is 1. The highest BCUT2D eigenvalue weighted by Crippen LogP contribution is 2.25. The molecule has 0 fully saturated rings. The lowest BCUT2D eigenvalue weighted by atomic mass is 10.1. The smallest absolute Gasteiger partial charge is 0.0930 e. The highest BCUT2D eigenvalue weighted by molar-refractivity contribution is 5.70. The van der Waals surface area contributed by atoms with Gasteiger partial charge in [-0.05, 0) is 31.2 Å². The lowest BCUT2D eigenvalue weighted by molar-refractivity contribution is 0.168. The van der Waals surface area contributed by atoms with Crippen molar-refractivity contribution in [2.75, 3.05) is 0 Å². The Balaban J connectivity index is 1.60. The molecule has 0 saturated heterocycles. The number of aromatic nitrogens is 4. The van der Waals surface area contributed by atoms with Crippen molar-refractivity contribution in [2.24, 2.45) is 0 Å².